The zero-order chi connectivity index (χ0) is 10.0. The number of nitrogen functional groups attached to an aromatic ring is 1. The average Bonchev–Trinajstić information content (AvgIpc) is 2.08. The molecule has 4 N–H and O–H groups in total. The lowest BCUT2D eigenvalue weighted by Gasteiger charge is -2.18. The molecule has 0 bridgehead atoms. The summed E-state index contributed by atoms with van der Waals surface area (Å²) in [4.78, 5) is 0. The normalized spacial score (nSPS) is 13.3. The van der Waals surface area contributed by atoms with Crippen LogP contribution in [0.2, 0.25) is 0 Å². The molecule has 0 aliphatic rings. The van der Waals surface area contributed by atoms with E-state index < -0.39 is 0 Å². The van der Waals surface area contributed by atoms with Crippen molar-refractivity contribution in [3.8, 4) is 0 Å². The first-order chi connectivity index (χ1) is 6.02. The van der Waals surface area contributed by atoms with Gasteiger partial charge in [0.2, 0.25) is 0 Å². The fourth-order valence-electron chi connectivity index (χ4n) is 1.19. The predicted molar refractivity (Wildman–Crippen MR) is 60.3 cm³/mol. The van der Waals surface area contributed by atoms with E-state index in [4.69, 9.17) is 11.5 Å². The van der Waals surface area contributed by atoms with Crippen molar-refractivity contribution in [3.05, 3.63) is 28.2 Å². The summed E-state index contributed by atoms with van der Waals surface area (Å²) in [5, 5.41) is 0. The molecule has 3 heteroatoms. The van der Waals surface area contributed by atoms with E-state index in [9.17, 15) is 0 Å². The van der Waals surface area contributed by atoms with Gasteiger partial charge in [0.05, 0.1) is 0 Å². The predicted octanol–water partition coefficient (Wildman–Crippen LogP) is 2.69. The maximum absolute atomic E-state index is 6.01. The molecule has 0 saturated heterocycles. The number of hydrogen-bond acceptors (Lipinski definition) is 2. The van der Waals surface area contributed by atoms with Crippen molar-refractivity contribution in [2.45, 2.75) is 19.9 Å². The summed E-state index contributed by atoms with van der Waals surface area (Å²) in [6, 6.07) is 5.80. The Morgan fingerprint density at radius 3 is 2.46 bits per heavy atom. The van der Waals surface area contributed by atoms with Gasteiger partial charge in [-0.3, -0.25) is 0 Å². The Morgan fingerprint density at radius 2 is 1.92 bits per heavy atom. The van der Waals surface area contributed by atoms with E-state index in [-0.39, 0.29) is 6.04 Å². The van der Waals surface area contributed by atoms with Gasteiger partial charge in [0.25, 0.3) is 0 Å². The number of hydrogen-bond donors (Lipinski definition) is 2. The molecule has 1 rings (SSSR count). The van der Waals surface area contributed by atoms with Crippen LogP contribution in [0.25, 0.3) is 0 Å². The van der Waals surface area contributed by atoms with E-state index in [2.05, 4.69) is 29.8 Å². The highest BCUT2D eigenvalue weighted by atomic mass is 79.9. The largest absolute Gasteiger partial charge is 0.398 e. The van der Waals surface area contributed by atoms with Crippen molar-refractivity contribution in [1.29, 1.82) is 0 Å². The lowest BCUT2D eigenvalue weighted by atomic mass is 9.96. The Morgan fingerprint density at radius 1 is 1.31 bits per heavy atom. The van der Waals surface area contributed by atoms with E-state index in [1.807, 2.05) is 18.2 Å². The van der Waals surface area contributed by atoms with Gasteiger partial charge in [0.1, 0.15) is 0 Å². The second kappa shape index (κ2) is 4.11. The maximum Gasteiger partial charge on any atom is 0.0363 e. The lowest BCUT2D eigenvalue weighted by Crippen LogP contribution is -2.18. The van der Waals surface area contributed by atoms with Gasteiger partial charge in [-0.05, 0) is 29.7 Å². The molecule has 0 heterocycles. The number of benzene rings is 1. The van der Waals surface area contributed by atoms with Crippen LogP contribution in [0.1, 0.15) is 25.5 Å². The highest BCUT2D eigenvalue weighted by molar-refractivity contribution is 9.10. The van der Waals surface area contributed by atoms with E-state index in [0.717, 1.165) is 15.7 Å². The lowest BCUT2D eigenvalue weighted by molar-refractivity contribution is 0.515. The molecule has 72 valence electrons. The highest BCUT2D eigenvalue weighted by Crippen LogP contribution is 2.27. The fourth-order valence-corrected chi connectivity index (χ4v) is 1.57. The number of nitrogens with two attached hydrogens (primary N) is 2. The molecule has 1 unspecified atom stereocenters. The van der Waals surface area contributed by atoms with Crippen molar-refractivity contribution in [3.63, 3.8) is 0 Å². The molecule has 0 aliphatic carbocycles. The van der Waals surface area contributed by atoms with Gasteiger partial charge in [0, 0.05) is 16.2 Å². The molecular weight excluding hydrogens is 228 g/mol. The van der Waals surface area contributed by atoms with Gasteiger partial charge in [-0.25, -0.2) is 0 Å². The van der Waals surface area contributed by atoms with E-state index in [1.54, 1.807) is 0 Å². The third kappa shape index (κ3) is 2.45. The highest BCUT2D eigenvalue weighted by Gasteiger charge is 2.13. The number of anilines is 1. The second-order valence-corrected chi connectivity index (χ2v) is 4.46. The smallest absolute Gasteiger partial charge is 0.0363 e. The van der Waals surface area contributed by atoms with Crippen molar-refractivity contribution in [2.24, 2.45) is 11.7 Å². The van der Waals surface area contributed by atoms with Crippen LogP contribution in [-0.4, -0.2) is 0 Å². The van der Waals surface area contributed by atoms with Crippen LogP contribution < -0.4 is 11.5 Å². The van der Waals surface area contributed by atoms with Crippen LogP contribution >= 0.6 is 15.9 Å². The second-order valence-electron chi connectivity index (χ2n) is 3.54. The molecule has 0 radical (unpaired) electrons. The van der Waals surface area contributed by atoms with Crippen LogP contribution in [-0.2, 0) is 0 Å². The molecule has 1 atom stereocenters. The van der Waals surface area contributed by atoms with Crippen LogP contribution in [0.4, 0.5) is 5.69 Å². The molecule has 0 spiro atoms. The number of halogens is 1. The quantitative estimate of drug-likeness (QED) is 0.784. The molecule has 13 heavy (non-hydrogen) atoms. The molecule has 0 aliphatic heterocycles. The number of rotatable bonds is 2. The van der Waals surface area contributed by atoms with Crippen LogP contribution in [0, 0.1) is 5.92 Å². The maximum atomic E-state index is 6.01. The summed E-state index contributed by atoms with van der Waals surface area (Å²) in [5.74, 6) is 0.400. The summed E-state index contributed by atoms with van der Waals surface area (Å²) in [6.07, 6.45) is 0. The summed E-state index contributed by atoms with van der Waals surface area (Å²) >= 11 is 3.40. The first-order valence-electron chi connectivity index (χ1n) is 4.33. The molecule has 2 nitrogen and oxygen atoms in total. The summed E-state index contributed by atoms with van der Waals surface area (Å²) in [6.45, 7) is 4.18. The minimum absolute atomic E-state index is 0.0116. The molecule has 0 amide bonds. The minimum atomic E-state index is 0.0116. The standard InChI is InChI=1S/C10H15BrN2/c1-6(2)10(13)8-5-7(11)3-4-9(8)12/h3-6,10H,12-13H2,1-2H3. The van der Waals surface area contributed by atoms with Crippen LogP contribution in [0.3, 0.4) is 0 Å². The molecule has 0 saturated carbocycles. The zero-order valence-electron chi connectivity index (χ0n) is 7.92. The van der Waals surface area contributed by atoms with Crippen molar-refractivity contribution in [2.75, 3.05) is 5.73 Å². The summed E-state index contributed by atoms with van der Waals surface area (Å²) in [7, 11) is 0. The molecular formula is C10H15BrN2. The zero-order valence-corrected chi connectivity index (χ0v) is 9.51. The third-order valence-electron chi connectivity index (χ3n) is 2.13. The summed E-state index contributed by atoms with van der Waals surface area (Å²) in [5.41, 5.74) is 13.6. The third-order valence-corrected chi connectivity index (χ3v) is 2.62. The van der Waals surface area contributed by atoms with Crippen LogP contribution in [0.15, 0.2) is 22.7 Å². The van der Waals surface area contributed by atoms with Crippen LogP contribution in [0.5, 0.6) is 0 Å². The van der Waals surface area contributed by atoms with Crippen molar-refractivity contribution < 1.29 is 0 Å². The SMILES string of the molecule is CC(C)C(N)c1cc(Br)ccc1N. The molecule has 0 aromatic heterocycles. The Hall–Kier alpha value is -0.540. The Balaban J connectivity index is 3.05. The first-order valence-corrected chi connectivity index (χ1v) is 5.12. The van der Waals surface area contributed by atoms with Gasteiger partial charge in [-0.2, -0.15) is 0 Å². The van der Waals surface area contributed by atoms with E-state index in [1.165, 1.54) is 0 Å². The molecule has 0 fully saturated rings. The fraction of sp³-hybridized carbons (Fsp3) is 0.400. The van der Waals surface area contributed by atoms with Crippen molar-refractivity contribution in [1.82, 2.24) is 0 Å². The Kier molecular flexibility index (Phi) is 3.33. The van der Waals surface area contributed by atoms with Gasteiger partial charge in [0.15, 0.2) is 0 Å². The monoisotopic (exact) mass is 242 g/mol. The van der Waals surface area contributed by atoms with Gasteiger partial charge < -0.3 is 11.5 Å². The topological polar surface area (TPSA) is 52.0 Å². The first kappa shape index (κ1) is 10.5. The van der Waals surface area contributed by atoms with Gasteiger partial charge >= 0.3 is 0 Å². The Labute approximate surface area is 87.4 Å². The van der Waals surface area contributed by atoms with E-state index >= 15 is 0 Å². The van der Waals surface area contributed by atoms with Crippen molar-refractivity contribution >= 4 is 21.6 Å². The molecule has 1 aromatic carbocycles. The Bertz CT molecular complexity index is 297. The molecule has 1 aromatic rings. The average molecular weight is 243 g/mol. The van der Waals surface area contributed by atoms with E-state index in [0.29, 0.717) is 5.92 Å². The van der Waals surface area contributed by atoms with Gasteiger partial charge in [-0.1, -0.05) is 29.8 Å². The van der Waals surface area contributed by atoms with Gasteiger partial charge in [-0.15, -0.1) is 0 Å². The minimum Gasteiger partial charge on any atom is -0.398 e. The summed E-state index contributed by atoms with van der Waals surface area (Å²) < 4.78 is 1.02.